The highest BCUT2D eigenvalue weighted by Gasteiger charge is 2.32. The van der Waals surface area contributed by atoms with Crippen LogP contribution in [-0.4, -0.2) is 35.0 Å². The Bertz CT molecular complexity index is 1910. The third-order valence-electron chi connectivity index (χ3n) is 10.5. The second kappa shape index (κ2) is 15.4. The maximum absolute atomic E-state index is 12.2. The van der Waals surface area contributed by atoms with Crippen molar-refractivity contribution in [2.45, 2.75) is 144 Å². The second-order valence-electron chi connectivity index (χ2n) is 20.2. The minimum Gasteiger partial charge on any atom is -0.508 e. The summed E-state index contributed by atoms with van der Waals surface area (Å²) in [5.41, 5.74) is 11.9. The predicted octanol–water partition coefficient (Wildman–Crippen LogP) is 10.9. The normalized spacial score (nSPS) is 13.7. The molecule has 0 aliphatic heterocycles. The first-order valence-electron chi connectivity index (χ1n) is 20.0. The van der Waals surface area contributed by atoms with E-state index in [1.165, 1.54) is 36.1 Å². The van der Waals surface area contributed by atoms with Gasteiger partial charge >= 0.3 is 0 Å². The van der Waals surface area contributed by atoms with Gasteiger partial charge in [0.1, 0.15) is 36.2 Å². The van der Waals surface area contributed by atoms with Crippen LogP contribution >= 0.6 is 0 Å². The van der Waals surface area contributed by atoms with E-state index < -0.39 is 0 Å². The first-order valence-corrected chi connectivity index (χ1v) is 20.0. The summed E-state index contributed by atoms with van der Waals surface area (Å²) >= 11 is 0. The van der Waals surface area contributed by atoms with E-state index >= 15 is 0 Å². The number of hydrogen-bond donors (Lipinski definition) is 2. The molecule has 1 aliphatic carbocycles. The van der Waals surface area contributed by atoms with E-state index in [9.17, 15) is 19.8 Å². The second-order valence-corrected chi connectivity index (χ2v) is 20.2. The van der Waals surface area contributed by atoms with Crippen molar-refractivity contribution < 1.29 is 29.3 Å². The van der Waals surface area contributed by atoms with E-state index in [0.717, 1.165) is 44.5 Å². The fraction of sp³-hybridized carbons (Fsp3) is 0.480. The number of benzene rings is 4. The number of carbonyl (C=O) groups is 2. The van der Waals surface area contributed by atoms with Crippen molar-refractivity contribution in [2.24, 2.45) is 0 Å². The molecule has 300 valence electrons. The van der Waals surface area contributed by atoms with Gasteiger partial charge in [0.05, 0.1) is 0 Å². The van der Waals surface area contributed by atoms with Gasteiger partial charge in [-0.3, -0.25) is 9.59 Å². The third kappa shape index (κ3) is 9.68. The standard InChI is InChI=1S/C50H64O6/c1-29(51)27-55-41-23-35-15-31-19-39(53)21-33(43(31)47(3,4)5)17-37-25-42(56-28-30(2)52)26-38(46(37)50(12,13)14)18-34-22-40(54)20-32(44(34)48(6,7)8)16-36(24-41)45(35)49(9,10)11/h19-26,53-54H,15-18,27-28H2,1-14H3. The Morgan fingerprint density at radius 1 is 0.429 bits per heavy atom. The molecule has 0 spiro atoms. The molecule has 0 heterocycles. The molecule has 8 bridgehead atoms. The van der Waals surface area contributed by atoms with Crippen LogP contribution < -0.4 is 9.47 Å². The number of rotatable bonds is 6. The van der Waals surface area contributed by atoms with Crippen LogP contribution in [-0.2, 0) is 56.9 Å². The number of ether oxygens (including phenoxy) is 2. The molecule has 0 unspecified atom stereocenters. The van der Waals surface area contributed by atoms with Crippen LogP contribution in [0, 0.1) is 0 Å². The molecule has 6 heteroatoms. The lowest BCUT2D eigenvalue weighted by Crippen LogP contribution is -2.24. The van der Waals surface area contributed by atoms with Gasteiger partial charge in [-0.05, 0) is 176 Å². The molecular weight excluding hydrogens is 697 g/mol. The smallest absolute Gasteiger partial charge is 0.167 e. The van der Waals surface area contributed by atoms with Gasteiger partial charge in [-0.25, -0.2) is 0 Å². The van der Waals surface area contributed by atoms with Crippen LogP contribution in [0.25, 0.3) is 0 Å². The highest BCUT2D eigenvalue weighted by molar-refractivity contribution is 5.77. The van der Waals surface area contributed by atoms with Crippen LogP contribution in [0.15, 0.2) is 48.5 Å². The van der Waals surface area contributed by atoms with Gasteiger partial charge in [-0.1, -0.05) is 83.1 Å². The lowest BCUT2D eigenvalue weighted by atomic mass is 9.71. The quantitative estimate of drug-likeness (QED) is 0.179. The summed E-state index contributed by atoms with van der Waals surface area (Å²) in [7, 11) is 0. The Hall–Kier alpha value is -4.58. The molecule has 4 aromatic carbocycles. The monoisotopic (exact) mass is 760 g/mol. The van der Waals surface area contributed by atoms with Gasteiger partial charge < -0.3 is 19.7 Å². The average molecular weight is 761 g/mol. The SMILES string of the molecule is CC(=O)COc1cc2c(C(C)(C)C)c(c1)Cc1cc(O)cc(c1C(C)(C)C)Cc1cc(OCC(C)=O)cc(c1C(C)(C)C)Cc1cc(O)cc(c1C(C)(C)C)C2. The van der Waals surface area contributed by atoms with Crippen molar-refractivity contribution in [3.8, 4) is 23.0 Å². The summed E-state index contributed by atoms with van der Waals surface area (Å²) in [6.07, 6.45) is 2.12. The molecule has 0 radical (unpaired) electrons. The van der Waals surface area contributed by atoms with E-state index in [1.54, 1.807) is 0 Å². The fourth-order valence-corrected chi connectivity index (χ4v) is 9.30. The number of phenols is 2. The Labute approximate surface area is 335 Å². The fourth-order valence-electron chi connectivity index (χ4n) is 9.30. The Morgan fingerprint density at radius 3 is 0.804 bits per heavy atom. The molecule has 0 amide bonds. The molecule has 4 aromatic rings. The predicted molar refractivity (Wildman–Crippen MR) is 227 cm³/mol. The average Bonchev–Trinajstić information content (AvgIpc) is 2.99. The van der Waals surface area contributed by atoms with Gasteiger partial charge in [-0.15, -0.1) is 0 Å². The van der Waals surface area contributed by atoms with Crippen molar-refractivity contribution in [2.75, 3.05) is 13.2 Å². The number of aromatic hydroxyl groups is 2. The number of phenolic OH excluding ortho intramolecular Hbond substituents is 2. The van der Waals surface area contributed by atoms with Crippen LogP contribution in [0.2, 0.25) is 0 Å². The first kappa shape index (κ1) is 42.6. The summed E-state index contributed by atoms with van der Waals surface area (Å²) in [5.74, 6) is 1.53. The van der Waals surface area contributed by atoms with Crippen molar-refractivity contribution >= 4 is 11.6 Å². The molecule has 0 atom stereocenters. The number of hydrogen-bond acceptors (Lipinski definition) is 6. The van der Waals surface area contributed by atoms with Gasteiger partial charge in [-0.2, -0.15) is 0 Å². The number of ketones is 2. The third-order valence-corrected chi connectivity index (χ3v) is 10.5. The maximum atomic E-state index is 12.2. The zero-order valence-corrected chi connectivity index (χ0v) is 36.4. The maximum Gasteiger partial charge on any atom is 0.167 e. The molecule has 6 nitrogen and oxygen atoms in total. The van der Waals surface area contributed by atoms with Gasteiger partial charge in [0.2, 0.25) is 0 Å². The van der Waals surface area contributed by atoms with E-state index in [-0.39, 0.29) is 57.9 Å². The number of carbonyl (C=O) groups excluding carboxylic acids is 2. The summed E-state index contributed by atoms with van der Waals surface area (Å²) in [4.78, 5) is 24.4. The largest absolute Gasteiger partial charge is 0.508 e. The molecule has 0 saturated carbocycles. The Balaban J connectivity index is 1.99. The Kier molecular flexibility index (Phi) is 11.7. The molecule has 0 saturated heterocycles. The summed E-state index contributed by atoms with van der Waals surface area (Å²) in [6.45, 7) is 29.7. The zero-order valence-electron chi connectivity index (χ0n) is 36.4. The van der Waals surface area contributed by atoms with E-state index in [2.05, 4.69) is 107 Å². The van der Waals surface area contributed by atoms with Gasteiger partial charge in [0.15, 0.2) is 11.6 Å². The molecule has 2 N–H and O–H groups in total. The van der Waals surface area contributed by atoms with E-state index in [0.29, 0.717) is 37.2 Å². The van der Waals surface area contributed by atoms with Gasteiger partial charge in [0, 0.05) is 0 Å². The van der Waals surface area contributed by atoms with Gasteiger partial charge in [0.25, 0.3) is 0 Å². The first-order chi connectivity index (χ1) is 25.7. The summed E-state index contributed by atoms with van der Waals surface area (Å²) in [6, 6.07) is 15.9. The Morgan fingerprint density at radius 2 is 0.625 bits per heavy atom. The minimum absolute atomic E-state index is 0.0350. The van der Waals surface area contributed by atoms with Crippen molar-refractivity contribution in [1.29, 1.82) is 0 Å². The summed E-state index contributed by atoms with van der Waals surface area (Å²) < 4.78 is 12.4. The molecular formula is C50H64O6. The molecule has 0 aromatic heterocycles. The highest BCUT2D eigenvalue weighted by Crippen LogP contribution is 2.44. The van der Waals surface area contributed by atoms with Crippen LogP contribution in [0.3, 0.4) is 0 Å². The molecule has 56 heavy (non-hydrogen) atoms. The molecule has 1 aliphatic rings. The highest BCUT2D eigenvalue weighted by atomic mass is 16.5. The van der Waals surface area contributed by atoms with E-state index in [1.807, 2.05) is 24.3 Å². The van der Waals surface area contributed by atoms with Crippen molar-refractivity contribution in [3.63, 3.8) is 0 Å². The lowest BCUT2D eigenvalue weighted by molar-refractivity contribution is -0.119. The van der Waals surface area contributed by atoms with E-state index in [4.69, 9.17) is 9.47 Å². The number of Topliss-reactive ketones (excluding diaryl/α,β-unsaturated/α-hetero) is 2. The van der Waals surface area contributed by atoms with Crippen LogP contribution in [0.5, 0.6) is 23.0 Å². The zero-order chi connectivity index (χ0) is 41.7. The topological polar surface area (TPSA) is 93.1 Å². The molecule has 5 rings (SSSR count). The minimum atomic E-state index is -0.290. The van der Waals surface area contributed by atoms with Crippen LogP contribution in [0.1, 0.15) is 164 Å². The van der Waals surface area contributed by atoms with Crippen molar-refractivity contribution in [3.05, 3.63) is 115 Å². The van der Waals surface area contributed by atoms with Crippen LogP contribution in [0.4, 0.5) is 0 Å². The van der Waals surface area contributed by atoms with Crippen molar-refractivity contribution in [1.82, 2.24) is 0 Å². The summed E-state index contributed by atoms with van der Waals surface area (Å²) in [5, 5.41) is 23.0. The molecule has 0 fully saturated rings. The lowest BCUT2D eigenvalue weighted by Gasteiger charge is -2.33. The number of fused-ring (bicyclic) bond motifs is 8.